The number of alkyl halides is 4. The predicted octanol–water partition coefficient (Wildman–Crippen LogP) is 3.09. The summed E-state index contributed by atoms with van der Waals surface area (Å²) in [5, 5.41) is 24.3. The van der Waals surface area contributed by atoms with Gasteiger partial charge in [-0.2, -0.15) is 13.2 Å². The number of carbonyl (C=O) groups is 1. The van der Waals surface area contributed by atoms with Crippen LogP contribution in [-0.4, -0.2) is 53.3 Å². The van der Waals surface area contributed by atoms with Crippen LogP contribution in [0.5, 0.6) is 5.75 Å². The van der Waals surface area contributed by atoms with E-state index in [1.165, 1.54) is 13.0 Å². The van der Waals surface area contributed by atoms with E-state index in [0.717, 1.165) is 31.4 Å². The third kappa shape index (κ3) is 4.67. The molecule has 0 saturated carbocycles. The van der Waals surface area contributed by atoms with E-state index in [1.54, 1.807) is 0 Å². The summed E-state index contributed by atoms with van der Waals surface area (Å²) in [6.45, 7) is -0.634. The van der Waals surface area contributed by atoms with Crippen molar-refractivity contribution >= 4 is 17.5 Å². The SMILES string of the molecule is COc1ccc(C(NC2=C[C@](C)(F)CC3NC(=O)C=CC23)C(O)(CO)C(F)(F)F)c(Cl)c1F. The van der Waals surface area contributed by atoms with E-state index in [9.17, 15) is 37.0 Å². The van der Waals surface area contributed by atoms with Gasteiger partial charge in [0.15, 0.2) is 11.6 Å². The lowest BCUT2D eigenvalue weighted by molar-refractivity contribution is -0.282. The van der Waals surface area contributed by atoms with Gasteiger partial charge in [-0.15, -0.1) is 0 Å². The molecule has 33 heavy (non-hydrogen) atoms. The zero-order valence-electron chi connectivity index (χ0n) is 17.5. The number of fused-ring (bicyclic) bond motifs is 1. The third-order valence-electron chi connectivity index (χ3n) is 5.78. The highest BCUT2D eigenvalue weighted by atomic mass is 35.5. The molecule has 12 heteroatoms. The van der Waals surface area contributed by atoms with Crippen molar-refractivity contribution in [2.75, 3.05) is 13.7 Å². The van der Waals surface area contributed by atoms with E-state index in [-0.39, 0.29) is 17.9 Å². The predicted molar refractivity (Wildman–Crippen MR) is 109 cm³/mol. The highest BCUT2D eigenvalue weighted by Crippen LogP contribution is 2.45. The van der Waals surface area contributed by atoms with Crippen LogP contribution in [0.1, 0.15) is 24.9 Å². The Labute approximate surface area is 191 Å². The number of hydrogen-bond acceptors (Lipinski definition) is 5. The maximum Gasteiger partial charge on any atom is 0.421 e. The molecule has 0 spiro atoms. The van der Waals surface area contributed by atoms with E-state index in [2.05, 4.69) is 10.6 Å². The molecule has 1 aromatic carbocycles. The van der Waals surface area contributed by atoms with Crippen LogP contribution in [0.15, 0.2) is 36.1 Å². The fourth-order valence-corrected chi connectivity index (χ4v) is 4.35. The van der Waals surface area contributed by atoms with E-state index in [1.807, 2.05) is 0 Å². The van der Waals surface area contributed by atoms with Gasteiger partial charge in [-0.25, -0.2) is 8.78 Å². The number of carbonyl (C=O) groups excluding carboxylic acids is 1. The molecule has 5 atom stereocenters. The smallest absolute Gasteiger partial charge is 0.421 e. The van der Waals surface area contributed by atoms with E-state index >= 15 is 0 Å². The van der Waals surface area contributed by atoms with Gasteiger partial charge >= 0.3 is 6.18 Å². The molecule has 0 aromatic heterocycles. The topological polar surface area (TPSA) is 90.8 Å². The molecule has 4 unspecified atom stereocenters. The van der Waals surface area contributed by atoms with Crippen molar-refractivity contribution in [3.05, 3.63) is 52.5 Å². The van der Waals surface area contributed by atoms with Crippen LogP contribution in [-0.2, 0) is 4.79 Å². The molecule has 1 heterocycles. The van der Waals surface area contributed by atoms with Gasteiger partial charge in [0.25, 0.3) is 0 Å². The Bertz CT molecular complexity index is 998. The highest BCUT2D eigenvalue weighted by Gasteiger charge is 2.60. The van der Waals surface area contributed by atoms with E-state index in [0.29, 0.717) is 0 Å². The summed E-state index contributed by atoms with van der Waals surface area (Å²) >= 11 is 6.00. The number of aliphatic hydroxyl groups is 2. The molecule has 182 valence electrons. The zero-order valence-corrected chi connectivity index (χ0v) is 18.3. The van der Waals surface area contributed by atoms with Gasteiger partial charge in [0, 0.05) is 24.1 Å². The Morgan fingerprint density at radius 3 is 2.64 bits per heavy atom. The van der Waals surface area contributed by atoms with Crippen molar-refractivity contribution in [2.24, 2.45) is 5.92 Å². The molecule has 6 nitrogen and oxygen atoms in total. The molecule has 0 radical (unpaired) electrons. The average Bonchev–Trinajstić information content (AvgIpc) is 2.71. The van der Waals surface area contributed by atoms with Crippen LogP contribution in [0.2, 0.25) is 5.02 Å². The second-order valence-electron chi connectivity index (χ2n) is 8.22. The molecule has 1 aliphatic carbocycles. The molecule has 3 rings (SSSR count). The summed E-state index contributed by atoms with van der Waals surface area (Å²) < 4.78 is 76.2. The molecular formula is C21H22ClF5N2O4. The van der Waals surface area contributed by atoms with Crippen LogP contribution in [0.25, 0.3) is 0 Å². The number of nitrogens with one attached hydrogen (secondary N) is 2. The van der Waals surface area contributed by atoms with Gasteiger partial charge < -0.3 is 25.6 Å². The molecule has 1 amide bonds. The molecule has 0 fully saturated rings. The number of aliphatic hydroxyl groups excluding tert-OH is 1. The van der Waals surface area contributed by atoms with Crippen molar-refractivity contribution < 1.29 is 41.7 Å². The van der Waals surface area contributed by atoms with Gasteiger partial charge in [0.2, 0.25) is 11.5 Å². The number of methoxy groups -OCH3 is 1. The summed E-state index contributed by atoms with van der Waals surface area (Å²) in [4.78, 5) is 11.7. The number of halogens is 6. The van der Waals surface area contributed by atoms with Gasteiger partial charge in [-0.1, -0.05) is 23.7 Å². The maximum absolute atomic E-state index is 15.0. The first-order valence-electron chi connectivity index (χ1n) is 9.83. The van der Waals surface area contributed by atoms with Gasteiger partial charge in [-0.3, -0.25) is 4.79 Å². The molecule has 0 saturated heterocycles. The van der Waals surface area contributed by atoms with Crippen LogP contribution in [0, 0.1) is 11.7 Å². The Balaban J connectivity index is 2.17. The second kappa shape index (κ2) is 8.77. The number of hydrogen-bond donors (Lipinski definition) is 4. The summed E-state index contributed by atoms with van der Waals surface area (Å²) in [7, 11) is 1.13. The summed E-state index contributed by atoms with van der Waals surface area (Å²) in [5.41, 5.74) is -6.52. The van der Waals surface area contributed by atoms with Crippen molar-refractivity contribution in [1.82, 2.24) is 10.6 Å². The van der Waals surface area contributed by atoms with E-state index in [4.69, 9.17) is 16.3 Å². The first-order valence-corrected chi connectivity index (χ1v) is 10.2. The summed E-state index contributed by atoms with van der Waals surface area (Å²) in [6.07, 6.45) is -1.98. The van der Waals surface area contributed by atoms with Crippen molar-refractivity contribution in [2.45, 2.75) is 42.9 Å². The summed E-state index contributed by atoms with van der Waals surface area (Å²) in [6, 6.07) is -1.02. The van der Waals surface area contributed by atoms with E-state index < -0.39 is 64.4 Å². The third-order valence-corrected chi connectivity index (χ3v) is 6.16. The van der Waals surface area contributed by atoms with Gasteiger partial charge in [0.05, 0.1) is 24.8 Å². The lowest BCUT2D eigenvalue weighted by Crippen LogP contribution is -2.59. The number of ether oxygens (including phenoxy) is 1. The molecular weight excluding hydrogens is 475 g/mol. The molecule has 2 aliphatic rings. The number of allylic oxidation sites excluding steroid dienone is 1. The highest BCUT2D eigenvalue weighted by molar-refractivity contribution is 6.31. The first kappa shape index (κ1) is 25.3. The minimum Gasteiger partial charge on any atom is -0.494 e. The second-order valence-corrected chi connectivity index (χ2v) is 8.60. The fraction of sp³-hybridized carbons (Fsp3) is 0.476. The molecule has 1 aromatic rings. The van der Waals surface area contributed by atoms with Crippen molar-refractivity contribution in [3.8, 4) is 5.75 Å². The monoisotopic (exact) mass is 496 g/mol. The number of benzene rings is 1. The average molecular weight is 497 g/mol. The van der Waals surface area contributed by atoms with Crippen molar-refractivity contribution in [1.29, 1.82) is 0 Å². The Morgan fingerprint density at radius 2 is 2.06 bits per heavy atom. The quantitative estimate of drug-likeness (QED) is 0.454. The zero-order chi connectivity index (χ0) is 24.8. The lowest BCUT2D eigenvalue weighted by atomic mass is 9.78. The van der Waals surface area contributed by atoms with Crippen LogP contribution < -0.4 is 15.4 Å². The number of rotatable bonds is 6. The minimum absolute atomic E-state index is 0.110. The first-order chi connectivity index (χ1) is 15.2. The normalized spacial score (nSPS) is 27.7. The fourth-order valence-electron chi connectivity index (χ4n) is 4.08. The number of amides is 1. The van der Waals surface area contributed by atoms with Crippen LogP contribution >= 0.6 is 11.6 Å². The van der Waals surface area contributed by atoms with Gasteiger partial charge in [-0.05, 0) is 30.7 Å². The van der Waals surface area contributed by atoms with Gasteiger partial charge in [0.1, 0.15) is 5.67 Å². The Morgan fingerprint density at radius 1 is 1.39 bits per heavy atom. The van der Waals surface area contributed by atoms with Crippen LogP contribution in [0.4, 0.5) is 22.0 Å². The Hall–Kier alpha value is -2.37. The molecule has 1 aliphatic heterocycles. The molecule has 0 bridgehead atoms. The summed E-state index contributed by atoms with van der Waals surface area (Å²) in [5.74, 6) is -2.80. The Kier molecular flexibility index (Phi) is 6.71. The van der Waals surface area contributed by atoms with Crippen LogP contribution in [0.3, 0.4) is 0 Å². The van der Waals surface area contributed by atoms with Crippen molar-refractivity contribution in [3.63, 3.8) is 0 Å². The molecule has 4 N–H and O–H groups in total. The standard InChI is InChI=1S/C21H22ClF5N2O4/c1-19(24)7-12-10(4-6-15(31)28-12)13(8-19)29-18(20(32,9-30)21(25,26)27)11-3-5-14(33-2)17(23)16(11)22/h3-6,8,10,12,18,29-30,32H,7,9H2,1-2H3,(H,28,31)/t10?,12?,18?,19-,20?/m1/s1. The minimum atomic E-state index is -5.40. The lowest BCUT2D eigenvalue weighted by Gasteiger charge is -2.43. The maximum atomic E-state index is 15.0. The largest absolute Gasteiger partial charge is 0.494 e.